The third-order valence-corrected chi connectivity index (χ3v) is 4.97. The SMILES string of the molecule is COCC[C@@H]1CCOC12CN(C(=O)c1cc(F)c(F)cc1C)C2. The molecule has 0 saturated carbocycles. The molecule has 23 heavy (non-hydrogen) atoms. The van der Waals surface area contributed by atoms with Crippen molar-refractivity contribution in [1.29, 1.82) is 0 Å². The predicted octanol–water partition coefficient (Wildman–Crippen LogP) is 2.54. The molecule has 6 heteroatoms. The summed E-state index contributed by atoms with van der Waals surface area (Å²) < 4.78 is 37.6. The molecule has 2 heterocycles. The van der Waals surface area contributed by atoms with Crippen LogP contribution in [0.25, 0.3) is 0 Å². The summed E-state index contributed by atoms with van der Waals surface area (Å²) in [5, 5.41) is 0. The third-order valence-electron chi connectivity index (χ3n) is 4.97. The zero-order chi connectivity index (χ0) is 16.6. The van der Waals surface area contributed by atoms with E-state index in [1.807, 2.05) is 0 Å². The van der Waals surface area contributed by atoms with Crippen molar-refractivity contribution in [2.75, 3.05) is 33.4 Å². The van der Waals surface area contributed by atoms with Gasteiger partial charge in [0.15, 0.2) is 11.6 Å². The van der Waals surface area contributed by atoms with Gasteiger partial charge in [0.2, 0.25) is 0 Å². The molecular weight excluding hydrogens is 304 g/mol. The summed E-state index contributed by atoms with van der Waals surface area (Å²) in [7, 11) is 1.67. The molecule has 2 aliphatic rings. The second-order valence-electron chi connectivity index (χ2n) is 6.42. The highest BCUT2D eigenvalue weighted by molar-refractivity contribution is 5.96. The standard InChI is InChI=1S/C17H21F2NO3/c1-11-7-14(18)15(19)8-13(11)16(21)20-9-17(10-20)12(3-5-22-2)4-6-23-17/h7-8,12H,3-6,9-10H2,1-2H3/t12-/m1/s1. The topological polar surface area (TPSA) is 38.8 Å². The number of halogens is 2. The van der Waals surface area contributed by atoms with E-state index in [9.17, 15) is 13.6 Å². The van der Waals surface area contributed by atoms with E-state index in [0.29, 0.717) is 37.8 Å². The van der Waals surface area contributed by atoms with E-state index in [1.165, 1.54) is 0 Å². The van der Waals surface area contributed by atoms with Gasteiger partial charge in [0, 0.05) is 25.9 Å². The van der Waals surface area contributed by atoms with Crippen LogP contribution in [0.15, 0.2) is 12.1 Å². The van der Waals surface area contributed by atoms with Crippen LogP contribution in [-0.2, 0) is 9.47 Å². The molecular formula is C17H21F2NO3. The quantitative estimate of drug-likeness (QED) is 0.854. The summed E-state index contributed by atoms with van der Waals surface area (Å²) >= 11 is 0. The molecule has 1 aromatic carbocycles. The normalized spacial score (nSPS) is 22.4. The number of hydrogen-bond acceptors (Lipinski definition) is 3. The molecule has 0 radical (unpaired) electrons. The third kappa shape index (κ3) is 2.85. The molecule has 0 aromatic heterocycles. The van der Waals surface area contributed by atoms with E-state index in [0.717, 1.165) is 25.0 Å². The Morgan fingerprint density at radius 1 is 1.39 bits per heavy atom. The lowest BCUT2D eigenvalue weighted by Gasteiger charge is -2.50. The smallest absolute Gasteiger partial charge is 0.254 e. The molecule has 1 amide bonds. The van der Waals surface area contributed by atoms with Gasteiger partial charge in [-0.1, -0.05) is 0 Å². The number of rotatable bonds is 4. The largest absolute Gasteiger partial charge is 0.385 e. The molecule has 2 aliphatic heterocycles. The molecule has 126 valence electrons. The summed E-state index contributed by atoms with van der Waals surface area (Å²) in [6.45, 7) is 3.97. The van der Waals surface area contributed by atoms with Crippen LogP contribution in [0, 0.1) is 24.5 Å². The maximum absolute atomic E-state index is 13.4. The molecule has 4 nitrogen and oxygen atoms in total. The van der Waals surface area contributed by atoms with Gasteiger partial charge in [-0.3, -0.25) is 4.79 Å². The predicted molar refractivity (Wildman–Crippen MR) is 80.3 cm³/mol. The summed E-state index contributed by atoms with van der Waals surface area (Å²) in [5.41, 5.74) is 0.365. The highest BCUT2D eigenvalue weighted by atomic mass is 19.2. The van der Waals surface area contributed by atoms with Crippen molar-refractivity contribution in [2.45, 2.75) is 25.4 Å². The van der Waals surface area contributed by atoms with Crippen LogP contribution in [-0.4, -0.2) is 49.8 Å². The number of methoxy groups -OCH3 is 1. The number of carbonyl (C=O) groups excluding carboxylic acids is 1. The minimum absolute atomic E-state index is 0.213. The van der Waals surface area contributed by atoms with E-state index < -0.39 is 11.6 Å². The molecule has 1 aromatic rings. The first-order valence-electron chi connectivity index (χ1n) is 7.84. The van der Waals surface area contributed by atoms with Crippen molar-refractivity contribution in [2.24, 2.45) is 5.92 Å². The number of hydrogen-bond donors (Lipinski definition) is 0. The van der Waals surface area contributed by atoms with Crippen molar-refractivity contribution < 1.29 is 23.0 Å². The van der Waals surface area contributed by atoms with E-state index in [4.69, 9.17) is 9.47 Å². The fourth-order valence-corrected chi connectivity index (χ4v) is 3.59. The Balaban J connectivity index is 1.69. The molecule has 1 spiro atoms. The van der Waals surface area contributed by atoms with E-state index in [-0.39, 0.29) is 17.1 Å². The zero-order valence-corrected chi connectivity index (χ0v) is 13.4. The van der Waals surface area contributed by atoms with Crippen LogP contribution >= 0.6 is 0 Å². The molecule has 0 N–H and O–H groups in total. The molecule has 0 bridgehead atoms. The average Bonchev–Trinajstić information content (AvgIpc) is 2.90. The maximum atomic E-state index is 13.4. The highest BCUT2D eigenvalue weighted by Crippen LogP contribution is 2.42. The number of benzene rings is 1. The van der Waals surface area contributed by atoms with E-state index in [1.54, 1.807) is 18.9 Å². The van der Waals surface area contributed by atoms with Gasteiger partial charge in [-0.05, 0) is 43.4 Å². The van der Waals surface area contributed by atoms with Crippen LogP contribution in [0.5, 0.6) is 0 Å². The van der Waals surface area contributed by atoms with Crippen LogP contribution in [0.4, 0.5) is 8.78 Å². The van der Waals surface area contributed by atoms with Crippen molar-refractivity contribution in [3.8, 4) is 0 Å². The lowest BCUT2D eigenvalue weighted by molar-refractivity contribution is -0.120. The van der Waals surface area contributed by atoms with Crippen LogP contribution in [0.3, 0.4) is 0 Å². The minimum Gasteiger partial charge on any atom is -0.385 e. The van der Waals surface area contributed by atoms with Gasteiger partial charge in [0.25, 0.3) is 5.91 Å². The van der Waals surface area contributed by atoms with Crippen molar-refractivity contribution in [3.63, 3.8) is 0 Å². The summed E-state index contributed by atoms with van der Waals surface area (Å²) in [6.07, 6.45) is 1.87. The van der Waals surface area contributed by atoms with E-state index in [2.05, 4.69) is 0 Å². The van der Waals surface area contributed by atoms with Crippen molar-refractivity contribution in [1.82, 2.24) is 4.90 Å². The van der Waals surface area contributed by atoms with Crippen LogP contribution in [0.2, 0.25) is 0 Å². The van der Waals surface area contributed by atoms with Gasteiger partial charge in [-0.15, -0.1) is 0 Å². The molecule has 0 unspecified atom stereocenters. The van der Waals surface area contributed by atoms with Gasteiger partial charge >= 0.3 is 0 Å². The van der Waals surface area contributed by atoms with Crippen LogP contribution in [0.1, 0.15) is 28.8 Å². The van der Waals surface area contributed by atoms with Gasteiger partial charge in [0.1, 0.15) is 5.60 Å². The number of ether oxygens (including phenoxy) is 2. The fraction of sp³-hybridized carbons (Fsp3) is 0.588. The first-order valence-corrected chi connectivity index (χ1v) is 7.84. The van der Waals surface area contributed by atoms with Crippen molar-refractivity contribution in [3.05, 3.63) is 34.9 Å². The van der Waals surface area contributed by atoms with Gasteiger partial charge in [-0.25, -0.2) is 8.78 Å². The monoisotopic (exact) mass is 325 g/mol. The number of aryl methyl sites for hydroxylation is 1. The second kappa shape index (κ2) is 6.17. The number of nitrogens with zero attached hydrogens (tertiary/aromatic N) is 1. The van der Waals surface area contributed by atoms with Gasteiger partial charge in [-0.2, -0.15) is 0 Å². The molecule has 1 atom stereocenters. The number of likely N-dealkylation sites (tertiary alicyclic amines) is 1. The minimum atomic E-state index is -0.996. The van der Waals surface area contributed by atoms with E-state index >= 15 is 0 Å². The zero-order valence-electron chi connectivity index (χ0n) is 13.4. The Bertz CT molecular complexity index is 614. The summed E-state index contributed by atoms with van der Waals surface area (Å²) in [4.78, 5) is 14.2. The van der Waals surface area contributed by atoms with Gasteiger partial charge < -0.3 is 14.4 Å². The Morgan fingerprint density at radius 2 is 2.09 bits per heavy atom. The number of carbonyl (C=O) groups is 1. The fourth-order valence-electron chi connectivity index (χ4n) is 3.59. The lowest BCUT2D eigenvalue weighted by atomic mass is 9.78. The Hall–Kier alpha value is -1.53. The Morgan fingerprint density at radius 3 is 2.78 bits per heavy atom. The molecule has 2 fully saturated rings. The van der Waals surface area contributed by atoms with Crippen molar-refractivity contribution >= 4 is 5.91 Å². The molecule has 0 aliphatic carbocycles. The average molecular weight is 325 g/mol. The van der Waals surface area contributed by atoms with Gasteiger partial charge in [0.05, 0.1) is 13.1 Å². The molecule has 3 rings (SSSR count). The molecule has 2 saturated heterocycles. The first kappa shape index (κ1) is 16.3. The lowest BCUT2D eigenvalue weighted by Crippen LogP contribution is -2.66. The summed E-state index contributed by atoms with van der Waals surface area (Å²) in [6, 6.07) is 2.04. The second-order valence-corrected chi connectivity index (χ2v) is 6.42. The van der Waals surface area contributed by atoms with Crippen LogP contribution < -0.4 is 0 Å². The highest BCUT2D eigenvalue weighted by Gasteiger charge is 2.54. The Kier molecular flexibility index (Phi) is 4.38. The number of amides is 1. The maximum Gasteiger partial charge on any atom is 0.254 e. The first-order chi connectivity index (χ1) is 11.0. The Labute approximate surface area is 134 Å². The summed E-state index contributed by atoms with van der Waals surface area (Å²) in [5.74, 6) is -1.83.